The lowest BCUT2D eigenvalue weighted by molar-refractivity contribution is 0.340. The average molecular weight is 456 g/mol. The third-order valence-electron chi connectivity index (χ3n) is 4.26. The van der Waals surface area contributed by atoms with E-state index in [0.29, 0.717) is 12.4 Å². The van der Waals surface area contributed by atoms with Crippen molar-refractivity contribution >= 4 is 34.9 Å². The minimum Gasteiger partial charge on any atom is -0.494 e. The predicted octanol–water partition coefficient (Wildman–Crippen LogP) is 5.51. The zero-order chi connectivity index (χ0) is 20.9. The fraction of sp³-hybridized carbons (Fsp3) is 0.238. The van der Waals surface area contributed by atoms with Gasteiger partial charge in [-0.05, 0) is 50.4 Å². The molecule has 9 heteroatoms. The first-order valence-corrected chi connectivity index (χ1v) is 12.5. The van der Waals surface area contributed by atoms with Gasteiger partial charge in [0.15, 0.2) is 15.3 Å². The van der Waals surface area contributed by atoms with Gasteiger partial charge in [-0.1, -0.05) is 58.6 Å². The maximum Gasteiger partial charge on any atom is 0.196 e. The van der Waals surface area contributed by atoms with Crippen molar-refractivity contribution in [1.29, 1.82) is 0 Å². The predicted molar refractivity (Wildman–Crippen MR) is 124 cm³/mol. The van der Waals surface area contributed by atoms with Gasteiger partial charge in [-0.25, -0.2) is 0 Å². The number of hydrogen-bond donors (Lipinski definition) is 0. The van der Waals surface area contributed by atoms with E-state index in [2.05, 4.69) is 50.1 Å². The highest BCUT2D eigenvalue weighted by Gasteiger charge is 2.17. The fourth-order valence-electron chi connectivity index (χ4n) is 2.93. The number of ether oxygens (including phenoxy) is 1. The van der Waals surface area contributed by atoms with Crippen LogP contribution in [0.15, 0.2) is 58.0 Å². The van der Waals surface area contributed by atoms with Gasteiger partial charge in [0.05, 0.1) is 12.4 Å². The molecule has 2 aromatic carbocycles. The van der Waals surface area contributed by atoms with Gasteiger partial charge in [0, 0.05) is 11.3 Å². The monoisotopic (exact) mass is 455 g/mol. The lowest BCUT2D eigenvalue weighted by atomic mass is 10.1. The largest absolute Gasteiger partial charge is 0.494 e. The number of nitrogens with zero attached hydrogens (tertiary/aromatic N) is 5. The molecule has 0 radical (unpaired) electrons. The number of hydrogen-bond acceptors (Lipinski definition) is 8. The van der Waals surface area contributed by atoms with E-state index in [1.54, 1.807) is 34.9 Å². The van der Waals surface area contributed by atoms with Gasteiger partial charge in [0.2, 0.25) is 0 Å². The third-order valence-corrected chi connectivity index (χ3v) is 7.28. The van der Waals surface area contributed by atoms with E-state index >= 15 is 0 Å². The SMILES string of the molecule is CCOc1ccc(-n2c(SCc3nnc(SC)s3)nnc2-c2cccc(C)c2)cc1. The molecule has 0 aliphatic carbocycles. The Balaban J connectivity index is 1.70. The fourth-order valence-corrected chi connectivity index (χ4v) is 5.18. The highest BCUT2D eigenvalue weighted by atomic mass is 32.2. The molecule has 0 N–H and O–H groups in total. The molecular weight excluding hydrogens is 434 g/mol. The standard InChI is InChI=1S/C21H21N5OS3/c1-4-27-17-10-8-16(9-11-17)26-19(15-7-5-6-14(2)12-15)23-24-20(26)29-13-18-22-25-21(28-3)30-18/h5-12H,4,13H2,1-3H3. The molecule has 154 valence electrons. The van der Waals surface area contributed by atoms with Crippen LogP contribution in [0.4, 0.5) is 0 Å². The average Bonchev–Trinajstić information content (AvgIpc) is 3.40. The smallest absolute Gasteiger partial charge is 0.196 e. The van der Waals surface area contributed by atoms with E-state index in [0.717, 1.165) is 37.3 Å². The van der Waals surface area contributed by atoms with Crippen molar-refractivity contribution in [3.05, 3.63) is 59.1 Å². The molecule has 0 saturated carbocycles. The molecule has 0 aliphatic heterocycles. The second kappa shape index (κ2) is 9.63. The molecule has 0 bridgehead atoms. The van der Waals surface area contributed by atoms with Crippen LogP contribution < -0.4 is 4.74 Å². The summed E-state index contributed by atoms with van der Waals surface area (Å²) in [7, 11) is 0. The quantitative estimate of drug-likeness (QED) is 0.325. The van der Waals surface area contributed by atoms with Crippen molar-refractivity contribution in [1.82, 2.24) is 25.0 Å². The van der Waals surface area contributed by atoms with Crippen LogP contribution in [0.1, 0.15) is 17.5 Å². The normalized spacial score (nSPS) is 11.0. The Morgan fingerprint density at radius 3 is 2.57 bits per heavy atom. The minimum absolute atomic E-state index is 0.640. The third kappa shape index (κ3) is 4.69. The Kier molecular flexibility index (Phi) is 6.71. The first-order chi connectivity index (χ1) is 14.7. The summed E-state index contributed by atoms with van der Waals surface area (Å²) in [5, 5.41) is 19.3. The molecule has 0 spiro atoms. The minimum atomic E-state index is 0.640. The second-order valence-corrected chi connectivity index (χ2v) is 9.45. The topological polar surface area (TPSA) is 65.7 Å². The van der Waals surface area contributed by atoms with Crippen molar-refractivity contribution in [2.75, 3.05) is 12.9 Å². The maximum absolute atomic E-state index is 5.60. The number of aryl methyl sites for hydroxylation is 1. The van der Waals surface area contributed by atoms with Crippen molar-refractivity contribution in [3.63, 3.8) is 0 Å². The molecule has 6 nitrogen and oxygen atoms in total. The summed E-state index contributed by atoms with van der Waals surface area (Å²) in [5.41, 5.74) is 3.20. The molecule has 4 aromatic rings. The van der Waals surface area contributed by atoms with Gasteiger partial charge < -0.3 is 4.74 Å². The van der Waals surface area contributed by atoms with Gasteiger partial charge in [-0.2, -0.15) is 0 Å². The Morgan fingerprint density at radius 1 is 1.03 bits per heavy atom. The van der Waals surface area contributed by atoms with E-state index in [9.17, 15) is 0 Å². The van der Waals surface area contributed by atoms with Crippen LogP contribution in [-0.4, -0.2) is 37.8 Å². The Bertz CT molecular complexity index is 1120. The van der Waals surface area contributed by atoms with Gasteiger partial charge in [0.25, 0.3) is 0 Å². The molecule has 0 fully saturated rings. The molecule has 2 aromatic heterocycles. The zero-order valence-corrected chi connectivity index (χ0v) is 19.4. The number of benzene rings is 2. The lowest BCUT2D eigenvalue weighted by Gasteiger charge is -2.11. The highest BCUT2D eigenvalue weighted by molar-refractivity contribution is 8.00. The van der Waals surface area contributed by atoms with Gasteiger partial charge in [-0.15, -0.1) is 20.4 Å². The summed E-state index contributed by atoms with van der Waals surface area (Å²) in [6, 6.07) is 16.3. The number of thioether (sulfide) groups is 2. The van der Waals surface area contributed by atoms with Crippen molar-refractivity contribution in [2.45, 2.75) is 29.1 Å². The molecule has 0 saturated heterocycles. The Morgan fingerprint density at radius 2 is 1.87 bits per heavy atom. The summed E-state index contributed by atoms with van der Waals surface area (Å²) < 4.78 is 8.66. The van der Waals surface area contributed by atoms with Crippen LogP contribution in [0.3, 0.4) is 0 Å². The van der Waals surface area contributed by atoms with Crippen molar-refractivity contribution < 1.29 is 4.74 Å². The van der Waals surface area contributed by atoms with Gasteiger partial charge in [-0.3, -0.25) is 4.57 Å². The number of aromatic nitrogens is 5. The van der Waals surface area contributed by atoms with E-state index < -0.39 is 0 Å². The van der Waals surface area contributed by atoms with Crippen molar-refractivity contribution in [2.24, 2.45) is 0 Å². The zero-order valence-electron chi connectivity index (χ0n) is 16.9. The summed E-state index contributed by atoms with van der Waals surface area (Å²) in [6.45, 7) is 4.70. The van der Waals surface area contributed by atoms with Crippen LogP contribution >= 0.6 is 34.9 Å². The molecule has 0 amide bonds. The first kappa shape index (κ1) is 20.9. The molecule has 2 heterocycles. The summed E-state index contributed by atoms with van der Waals surface area (Å²) in [4.78, 5) is 0. The van der Waals surface area contributed by atoms with Crippen LogP contribution in [0.5, 0.6) is 5.75 Å². The highest BCUT2D eigenvalue weighted by Crippen LogP contribution is 2.32. The van der Waals surface area contributed by atoms with Gasteiger partial charge >= 0.3 is 0 Å². The summed E-state index contributed by atoms with van der Waals surface area (Å²) in [5.74, 6) is 2.35. The first-order valence-electron chi connectivity index (χ1n) is 9.42. The van der Waals surface area contributed by atoms with Crippen LogP contribution in [0.25, 0.3) is 17.1 Å². The van der Waals surface area contributed by atoms with E-state index in [1.165, 1.54) is 5.56 Å². The Labute approximate surface area is 188 Å². The molecule has 0 unspecified atom stereocenters. The van der Waals surface area contributed by atoms with Crippen LogP contribution in [-0.2, 0) is 5.75 Å². The summed E-state index contributed by atoms with van der Waals surface area (Å²) >= 11 is 4.83. The summed E-state index contributed by atoms with van der Waals surface area (Å²) in [6.07, 6.45) is 2.01. The molecule has 0 aliphatic rings. The maximum atomic E-state index is 5.60. The second-order valence-electron chi connectivity index (χ2n) is 6.39. The molecule has 0 atom stereocenters. The molecule has 4 rings (SSSR count). The van der Waals surface area contributed by atoms with E-state index in [-0.39, 0.29) is 0 Å². The number of rotatable bonds is 8. The van der Waals surface area contributed by atoms with E-state index in [4.69, 9.17) is 4.74 Å². The lowest BCUT2D eigenvalue weighted by Crippen LogP contribution is -2.00. The molecular formula is C21H21N5OS3. The molecule has 30 heavy (non-hydrogen) atoms. The Hall–Kier alpha value is -2.36. The van der Waals surface area contributed by atoms with E-state index in [1.807, 2.05) is 43.5 Å². The van der Waals surface area contributed by atoms with Crippen LogP contribution in [0.2, 0.25) is 0 Å². The van der Waals surface area contributed by atoms with Crippen LogP contribution in [0, 0.1) is 6.92 Å². The van der Waals surface area contributed by atoms with Crippen molar-refractivity contribution in [3.8, 4) is 22.8 Å². The van der Waals surface area contributed by atoms with Gasteiger partial charge in [0.1, 0.15) is 10.8 Å².